The number of aromatic nitrogens is 1. The molecule has 0 amide bonds. The van der Waals surface area contributed by atoms with Crippen molar-refractivity contribution in [1.82, 2.24) is 4.98 Å². The van der Waals surface area contributed by atoms with E-state index in [-0.39, 0.29) is 18.8 Å². The Kier molecular flexibility index (Phi) is 4.54. The molecule has 0 aromatic carbocycles. The predicted octanol–water partition coefficient (Wildman–Crippen LogP) is 2.59. The first-order valence-corrected chi connectivity index (χ1v) is 5.58. The van der Waals surface area contributed by atoms with Crippen molar-refractivity contribution in [3.63, 3.8) is 0 Å². The van der Waals surface area contributed by atoms with Gasteiger partial charge >= 0.3 is 12.1 Å². The molecule has 0 radical (unpaired) electrons. The van der Waals surface area contributed by atoms with Crippen molar-refractivity contribution in [3.05, 3.63) is 21.4 Å². The van der Waals surface area contributed by atoms with Gasteiger partial charge in [0.05, 0.1) is 9.99 Å². The van der Waals surface area contributed by atoms with Crippen LogP contribution in [0.3, 0.4) is 0 Å². The fourth-order valence-corrected chi connectivity index (χ4v) is 1.50. The molecular weight excluding hydrogens is 352 g/mol. The Balaban J connectivity index is 2.80. The number of anilines is 1. The van der Waals surface area contributed by atoms with E-state index in [0.29, 0.717) is 3.57 Å². The third-order valence-corrected chi connectivity index (χ3v) is 2.64. The van der Waals surface area contributed by atoms with Crippen molar-refractivity contribution >= 4 is 34.4 Å². The second kappa shape index (κ2) is 5.52. The van der Waals surface area contributed by atoms with Crippen molar-refractivity contribution in [1.29, 1.82) is 0 Å². The highest BCUT2D eigenvalue weighted by atomic mass is 127. The van der Waals surface area contributed by atoms with E-state index in [9.17, 15) is 18.0 Å². The van der Waals surface area contributed by atoms with Gasteiger partial charge in [0.25, 0.3) is 0 Å². The average molecular weight is 360 g/mol. The van der Waals surface area contributed by atoms with Gasteiger partial charge in [-0.2, -0.15) is 13.2 Å². The van der Waals surface area contributed by atoms with Gasteiger partial charge in [-0.1, -0.05) is 0 Å². The summed E-state index contributed by atoms with van der Waals surface area (Å²) in [5.74, 6) is -0.985. The molecule has 0 aliphatic heterocycles. The highest BCUT2D eigenvalue weighted by Crippen LogP contribution is 2.29. The van der Waals surface area contributed by atoms with Crippen LogP contribution in [0.15, 0.2) is 12.1 Å². The highest BCUT2D eigenvalue weighted by molar-refractivity contribution is 14.1. The number of nitrogens with zero attached hydrogens (tertiary/aromatic N) is 1. The Hall–Kier alpha value is -1.06. The first-order valence-electron chi connectivity index (χ1n) is 4.50. The summed E-state index contributed by atoms with van der Waals surface area (Å²) in [7, 11) is 0. The van der Waals surface area contributed by atoms with Crippen LogP contribution in [-0.4, -0.2) is 22.6 Å². The molecule has 0 aliphatic rings. The Bertz CT molecular complexity index is 423. The van der Waals surface area contributed by atoms with E-state index in [0.717, 1.165) is 6.07 Å². The Morgan fingerprint density at radius 1 is 1.47 bits per heavy atom. The monoisotopic (exact) mass is 360 g/mol. The van der Waals surface area contributed by atoms with Crippen LogP contribution in [0.5, 0.6) is 0 Å². The number of carbonyl (C=O) groups is 1. The zero-order chi connectivity index (χ0) is 13.1. The lowest BCUT2D eigenvalue weighted by Crippen LogP contribution is -2.13. The van der Waals surface area contributed by atoms with Crippen LogP contribution >= 0.6 is 22.6 Å². The first kappa shape index (κ1) is 14.0. The molecule has 4 nitrogen and oxygen atoms in total. The van der Waals surface area contributed by atoms with Crippen LogP contribution in [0.2, 0.25) is 0 Å². The van der Waals surface area contributed by atoms with E-state index >= 15 is 0 Å². The Morgan fingerprint density at radius 3 is 2.65 bits per heavy atom. The molecule has 0 spiro atoms. The number of alkyl halides is 3. The molecule has 0 saturated heterocycles. The van der Waals surface area contributed by atoms with Gasteiger partial charge in [-0.05, 0) is 34.7 Å². The van der Waals surface area contributed by atoms with E-state index in [1.54, 1.807) is 0 Å². The standard InChI is InChI=1S/C9H8F3IN2O2/c10-9(11,12)6-2-1-5(13)8(15-6)14-4-3-7(16)17/h1-2H,3-4H2,(H,14,15)(H,16,17). The number of halogens is 4. The van der Waals surface area contributed by atoms with Gasteiger partial charge < -0.3 is 10.4 Å². The molecule has 1 rings (SSSR count). The smallest absolute Gasteiger partial charge is 0.433 e. The SMILES string of the molecule is O=C(O)CCNc1nc(C(F)(F)F)ccc1I. The summed E-state index contributed by atoms with van der Waals surface area (Å²) in [6.45, 7) is 0.0274. The van der Waals surface area contributed by atoms with E-state index in [4.69, 9.17) is 5.11 Å². The van der Waals surface area contributed by atoms with Gasteiger partial charge in [0, 0.05) is 6.54 Å². The van der Waals surface area contributed by atoms with Crippen molar-refractivity contribution in [2.45, 2.75) is 12.6 Å². The molecule has 0 atom stereocenters. The van der Waals surface area contributed by atoms with E-state index in [1.807, 2.05) is 22.6 Å². The number of carboxylic acid groups (broad SMARTS) is 1. The molecule has 0 bridgehead atoms. The summed E-state index contributed by atoms with van der Waals surface area (Å²) in [5, 5.41) is 11.0. The number of carboxylic acids is 1. The maximum atomic E-state index is 12.4. The minimum atomic E-state index is -4.51. The van der Waals surface area contributed by atoms with E-state index in [2.05, 4.69) is 10.3 Å². The number of hydrogen-bond donors (Lipinski definition) is 2. The fourth-order valence-electron chi connectivity index (χ4n) is 1.01. The largest absolute Gasteiger partial charge is 0.481 e. The average Bonchev–Trinajstić information content (AvgIpc) is 2.18. The maximum Gasteiger partial charge on any atom is 0.433 e. The number of hydrogen-bond acceptors (Lipinski definition) is 3. The molecule has 2 N–H and O–H groups in total. The fraction of sp³-hybridized carbons (Fsp3) is 0.333. The third kappa shape index (κ3) is 4.36. The molecule has 0 unspecified atom stereocenters. The molecule has 1 heterocycles. The maximum absolute atomic E-state index is 12.4. The molecule has 1 aromatic heterocycles. The van der Waals surface area contributed by atoms with Crippen LogP contribution in [0.25, 0.3) is 0 Å². The molecule has 8 heteroatoms. The first-order chi connectivity index (χ1) is 7.80. The van der Waals surface area contributed by atoms with E-state index < -0.39 is 17.8 Å². The summed E-state index contributed by atoms with van der Waals surface area (Å²) >= 11 is 1.82. The quantitative estimate of drug-likeness (QED) is 0.811. The molecule has 0 fully saturated rings. The summed E-state index contributed by atoms with van der Waals surface area (Å²) in [6, 6.07) is 2.16. The lowest BCUT2D eigenvalue weighted by atomic mass is 10.3. The Labute approximate surface area is 108 Å². The second-order valence-corrected chi connectivity index (χ2v) is 4.26. The second-order valence-electron chi connectivity index (χ2n) is 3.10. The zero-order valence-electron chi connectivity index (χ0n) is 8.38. The number of aliphatic carboxylic acids is 1. The van der Waals surface area contributed by atoms with Crippen LogP contribution < -0.4 is 5.32 Å². The van der Waals surface area contributed by atoms with Crippen LogP contribution in [0, 0.1) is 3.57 Å². The molecule has 0 saturated carbocycles. The summed E-state index contributed by atoms with van der Waals surface area (Å²) in [6.07, 6.45) is -4.69. The molecule has 1 aromatic rings. The number of rotatable bonds is 4. The Morgan fingerprint density at radius 2 is 2.12 bits per heavy atom. The van der Waals surface area contributed by atoms with Crippen LogP contribution in [-0.2, 0) is 11.0 Å². The lowest BCUT2D eigenvalue weighted by molar-refractivity contribution is -0.141. The van der Waals surface area contributed by atoms with Gasteiger partial charge in [0.15, 0.2) is 0 Å². The molecule has 17 heavy (non-hydrogen) atoms. The van der Waals surface area contributed by atoms with Crippen molar-refractivity contribution < 1.29 is 23.1 Å². The van der Waals surface area contributed by atoms with Crippen LogP contribution in [0.4, 0.5) is 19.0 Å². The highest BCUT2D eigenvalue weighted by Gasteiger charge is 2.32. The minimum absolute atomic E-state index is 0.0274. The molecular formula is C9H8F3IN2O2. The van der Waals surface area contributed by atoms with Crippen molar-refractivity contribution in [3.8, 4) is 0 Å². The molecule has 94 valence electrons. The lowest BCUT2D eigenvalue weighted by Gasteiger charge is -2.10. The van der Waals surface area contributed by atoms with Crippen LogP contribution in [0.1, 0.15) is 12.1 Å². The topological polar surface area (TPSA) is 62.2 Å². The summed E-state index contributed by atoms with van der Waals surface area (Å²) < 4.78 is 37.6. The van der Waals surface area contributed by atoms with Gasteiger partial charge in [-0.25, -0.2) is 4.98 Å². The van der Waals surface area contributed by atoms with E-state index in [1.165, 1.54) is 6.07 Å². The number of pyridine rings is 1. The van der Waals surface area contributed by atoms with Crippen molar-refractivity contribution in [2.24, 2.45) is 0 Å². The zero-order valence-corrected chi connectivity index (χ0v) is 10.5. The van der Waals surface area contributed by atoms with Gasteiger partial charge in [0.2, 0.25) is 0 Å². The van der Waals surface area contributed by atoms with Gasteiger partial charge in [0.1, 0.15) is 11.5 Å². The normalized spacial score (nSPS) is 11.3. The summed E-state index contributed by atoms with van der Waals surface area (Å²) in [5.41, 5.74) is -1.00. The third-order valence-electron chi connectivity index (χ3n) is 1.77. The number of nitrogens with one attached hydrogen (secondary N) is 1. The molecule has 0 aliphatic carbocycles. The predicted molar refractivity (Wildman–Crippen MR) is 62.7 cm³/mol. The van der Waals surface area contributed by atoms with Crippen molar-refractivity contribution in [2.75, 3.05) is 11.9 Å². The summed E-state index contributed by atoms with van der Waals surface area (Å²) in [4.78, 5) is 13.7. The van der Waals surface area contributed by atoms with Gasteiger partial charge in [-0.3, -0.25) is 4.79 Å². The van der Waals surface area contributed by atoms with Gasteiger partial charge in [-0.15, -0.1) is 0 Å². The minimum Gasteiger partial charge on any atom is -0.481 e.